The number of aromatic nitrogens is 2. The molecule has 1 fully saturated rings. The maximum atomic E-state index is 13.4. The van der Waals surface area contributed by atoms with Gasteiger partial charge >= 0.3 is 0 Å². The van der Waals surface area contributed by atoms with Crippen molar-refractivity contribution in [3.05, 3.63) is 53.6 Å². The number of nitrogens with one attached hydrogen (secondary N) is 1. The summed E-state index contributed by atoms with van der Waals surface area (Å²) < 4.78 is 1.81. The molecule has 3 rings (SSSR count). The van der Waals surface area contributed by atoms with Crippen molar-refractivity contribution in [2.75, 3.05) is 13.1 Å². The van der Waals surface area contributed by atoms with Gasteiger partial charge in [0.25, 0.3) is 0 Å². The highest BCUT2D eigenvalue weighted by Crippen LogP contribution is 2.42. The van der Waals surface area contributed by atoms with Crippen molar-refractivity contribution < 1.29 is 9.59 Å². The first kappa shape index (κ1) is 23.0. The lowest BCUT2D eigenvalue weighted by molar-refractivity contribution is -0.140. The van der Waals surface area contributed by atoms with Crippen molar-refractivity contribution in [1.82, 2.24) is 19.8 Å². The van der Waals surface area contributed by atoms with Crippen LogP contribution in [-0.4, -0.2) is 45.4 Å². The second kappa shape index (κ2) is 9.25. The van der Waals surface area contributed by atoms with E-state index in [1.165, 1.54) is 11.1 Å². The monoisotopic (exact) mass is 424 g/mol. The van der Waals surface area contributed by atoms with E-state index < -0.39 is 6.04 Å². The number of aryl methyl sites for hydroxylation is 2. The molecular weight excluding hydrogens is 388 g/mol. The van der Waals surface area contributed by atoms with Crippen LogP contribution in [0.3, 0.4) is 0 Å². The normalized spacial score (nSPS) is 19.3. The van der Waals surface area contributed by atoms with Crippen molar-refractivity contribution in [2.45, 2.75) is 59.4 Å². The van der Waals surface area contributed by atoms with Crippen molar-refractivity contribution in [3.63, 3.8) is 0 Å². The Balaban J connectivity index is 1.66. The summed E-state index contributed by atoms with van der Waals surface area (Å²) in [6, 6.07) is 8.23. The van der Waals surface area contributed by atoms with Gasteiger partial charge in [0.05, 0.1) is 18.4 Å². The number of hydrogen-bond donors (Lipinski definition) is 1. The van der Waals surface area contributed by atoms with Gasteiger partial charge in [-0.15, -0.1) is 0 Å². The third-order valence-electron chi connectivity index (χ3n) is 6.37. The Labute approximate surface area is 186 Å². The predicted molar refractivity (Wildman–Crippen MR) is 123 cm³/mol. The summed E-state index contributed by atoms with van der Waals surface area (Å²) in [5.74, 6) is 0.269. The third-order valence-corrected chi connectivity index (χ3v) is 6.37. The molecule has 1 aromatic carbocycles. The van der Waals surface area contributed by atoms with Gasteiger partial charge in [-0.05, 0) is 36.2 Å². The Morgan fingerprint density at radius 1 is 1.23 bits per heavy atom. The van der Waals surface area contributed by atoms with Gasteiger partial charge in [-0.1, -0.05) is 57.5 Å². The Kier molecular flexibility index (Phi) is 6.87. The Morgan fingerprint density at radius 3 is 2.45 bits per heavy atom. The summed E-state index contributed by atoms with van der Waals surface area (Å²) >= 11 is 0. The van der Waals surface area contributed by atoms with E-state index in [0.29, 0.717) is 24.7 Å². The first-order valence-electron chi connectivity index (χ1n) is 11.2. The molecule has 1 aromatic heterocycles. The molecule has 31 heavy (non-hydrogen) atoms. The van der Waals surface area contributed by atoms with Crippen molar-refractivity contribution in [3.8, 4) is 0 Å². The molecule has 1 N–H and O–H groups in total. The van der Waals surface area contributed by atoms with Gasteiger partial charge in [0.1, 0.15) is 6.04 Å². The van der Waals surface area contributed by atoms with Crippen LogP contribution in [0.1, 0.15) is 56.9 Å². The quantitative estimate of drug-likeness (QED) is 0.772. The zero-order chi connectivity index (χ0) is 22.8. The van der Waals surface area contributed by atoms with Crippen molar-refractivity contribution in [2.24, 2.45) is 18.4 Å². The van der Waals surface area contributed by atoms with Crippen LogP contribution in [0.4, 0.5) is 0 Å². The predicted octanol–water partition coefficient (Wildman–Crippen LogP) is 3.45. The van der Waals surface area contributed by atoms with E-state index in [2.05, 4.69) is 55.3 Å². The van der Waals surface area contributed by atoms with E-state index in [0.717, 1.165) is 6.42 Å². The first-order valence-corrected chi connectivity index (χ1v) is 11.2. The number of likely N-dealkylation sites (tertiary alicyclic amines) is 1. The lowest BCUT2D eigenvalue weighted by Crippen LogP contribution is -2.56. The summed E-state index contributed by atoms with van der Waals surface area (Å²) in [5.41, 5.74) is 3.26. The van der Waals surface area contributed by atoms with Gasteiger partial charge in [-0.25, -0.2) is 4.98 Å². The molecule has 1 aliphatic rings. The van der Waals surface area contributed by atoms with E-state index in [1.807, 2.05) is 36.6 Å². The van der Waals surface area contributed by atoms with Crippen LogP contribution in [0.25, 0.3) is 0 Å². The SMILES string of the molecule is Cc1ccc(C2CCN(C(=O)[C@H](NC(=O)Cc3cn(C)cn3)C(C)C)CC2(C)C)cc1. The van der Waals surface area contributed by atoms with Crippen LogP contribution in [-0.2, 0) is 23.1 Å². The third kappa shape index (κ3) is 5.54. The maximum Gasteiger partial charge on any atom is 0.245 e. The number of carbonyl (C=O) groups excluding carboxylic acids is 2. The molecule has 168 valence electrons. The number of imidazole rings is 1. The molecule has 0 saturated carbocycles. The smallest absolute Gasteiger partial charge is 0.245 e. The van der Waals surface area contributed by atoms with Crippen LogP contribution in [0, 0.1) is 18.3 Å². The lowest BCUT2D eigenvalue weighted by Gasteiger charge is -2.45. The molecule has 6 heteroatoms. The Hall–Kier alpha value is -2.63. The number of nitrogens with zero attached hydrogens (tertiary/aromatic N) is 3. The summed E-state index contributed by atoms with van der Waals surface area (Å²) in [5, 5.41) is 2.97. The number of hydrogen-bond acceptors (Lipinski definition) is 3. The molecule has 2 aromatic rings. The largest absolute Gasteiger partial charge is 0.344 e. The van der Waals surface area contributed by atoms with Gasteiger partial charge in [0.2, 0.25) is 11.8 Å². The number of benzene rings is 1. The molecule has 0 bridgehead atoms. The van der Waals surface area contributed by atoms with Crippen molar-refractivity contribution >= 4 is 11.8 Å². The molecule has 0 radical (unpaired) electrons. The number of carbonyl (C=O) groups is 2. The molecule has 1 unspecified atom stereocenters. The first-order chi connectivity index (χ1) is 14.6. The molecule has 0 spiro atoms. The second-order valence-electron chi connectivity index (χ2n) is 10.00. The molecule has 6 nitrogen and oxygen atoms in total. The zero-order valence-corrected chi connectivity index (χ0v) is 19.7. The number of amides is 2. The minimum atomic E-state index is -0.525. The Morgan fingerprint density at radius 2 is 1.90 bits per heavy atom. The molecule has 1 saturated heterocycles. The van der Waals surface area contributed by atoms with E-state index in [4.69, 9.17) is 0 Å². The fourth-order valence-corrected chi connectivity index (χ4v) is 4.62. The minimum Gasteiger partial charge on any atom is -0.344 e. The maximum absolute atomic E-state index is 13.4. The molecule has 2 atom stereocenters. The van der Waals surface area contributed by atoms with E-state index >= 15 is 0 Å². The van der Waals surface area contributed by atoms with E-state index in [1.54, 1.807) is 6.33 Å². The number of piperidine rings is 1. The van der Waals surface area contributed by atoms with Crippen LogP contribution in [0.5, 0.6) is 0 Å². The highest BCUT2D eigenvalue weighted by molar-refractivity contribution is 5.88. The van der Waals surface area contributed by atoms with Gasteiger partial charge < -0.3 is 14.8 Å². The van der Waals surface area contributed by atoms with E-state index in [9.17, 15) is 9.59 Å². The van der Waals surface area contributed by atoms with Crippen LogP contribution in [0.2, 0.25) is 0 Å². The summed E-state index contributed by atoms with van der Waals surface area (Å²) in [6.07, 6.45) is 4.60. The Bertz CT molecular complexity index is 914. The average molecular weight is 425 g/mol. The zero-order valence-electron chi connectivity index (χ0n) is 19.7. The summed E-state index contributed by atoms with van der Waals surface area (Å²) in [6.45, 7) is 11.9. The number of rotatable bonds is 6. The van der Waals surface area contributed by atoms with E-state index in [-0.39, 0.29) is 29.6 Å². The van der Waals surface area contributed by atoms with Crippen LogP contribution < -0.4 is 5.32 Å². The van der Waals surface area contributed by atoms with Crippen molar-refractivity contribution in [1.29, 1.82) is 0 Å². The molecule has 0 aliphatic carbocycles. The summed E-state index contributed by atoms with van der Waals surface area (Å²) in [7, 11) is 1.87. The molecule has 2 amide bonds. The second-order valence-corrected chi connectivity index (χ2v) is 10.00. The fourth-order valence-electron chi connectivity index (χ4n) is 4.62. The van der Waals surface area contributed by atoms with Gasteiger partial charge in [0.15, 0.2) is 0 Å². The molecule has 1 aliphatic heterocycles. The van der Waals surface area contributed by atoms with Crippen LogP contribution in [0.15, 0.2) is 36.8 Å². The lowest BCUT2D eigenvalue weighted by atomic mass is 9.70. The standard InChI is InChI=1S/C25H36N4O2/c1-17(2)23(27-22(30)13-20-14-28(6)16-26-20)24(31)29-12-11-21(25(4,5)15-29)19-9-7-18(3)8-10-19/h7-10,14,16-17,21,23H,11-13,15H2,1-6H3,(H,27,30)/t21?,23-/m1/s1. The molecular formula is C25H36N4O2. The minimum absolute atomic E-state index is 0.0121. The summed E-state index contributed by atoms with van der Waals surface area (Å²) in [4.78, 5) is 32.1. The topological polar surface area (TPSA) is 67.2 Å². The van der Waals surface area contributed by atoms with Crippen LogP contribution >= 0.6 is 0 Å². The van der Waals surface area contributed by atoms with Gasteiger partial charge in [-0.2, -0.15) is 0 Å². The highest BCUT2D eigenvalue weighted by Gasteiger charge is 2.40. The van der Waals surface area contributed by atoms with Gasteiger partial charge in [-0.3, -0.25) is 9.59 Å². The molecule has 2 heterocycles. The highest BCUT2D eigenvalue weighted by atomic mass is 16.2. The fraction of sp³-hybridized carbons (Fsp3) is 0.560. The van der Waals surface area contributed by atoms with Gasteiger partial charge in [0, 0.05) is 26.3 Å². The average Bonchev–Trinajstić information content (AvgIpc) is 3.10.